The molecule has 2 aromatic carbocycles. The van der Waals surface area contributed by atoms with Gasteiger partial charge in [0.2, 0.25) is 5.91 Å². The fourth-order valence-corrected chi connectivity index (χ4v) is 3.47. The van der Waals surface area contributed by atoms with Gasteiger partial charge in [-0.1, -0.05) is 42.5 Å². The summed E-state index contributed by atoms with van der Waals surface area (Å²) in [5.41, 5.74) is 2.28. The molecule has 0 aliphatic rings. The number of aryl methyl sites for hydroxylation is 2. The number of nitrogens with one attached hydrogen (secondary N) is 1. The standard InChI is InChI=1S/C23H27N3O4/c1-16(2)30-22(28)15-18(17-9-5-4-6-10-17)24-21(27)13-14-26-20-12-8-7-11-19(20)25(3)23(26)29/h4-12,16,18H,13-15H2,1-3H3,(H,24,27). The number of para-hydroxylation sites is 2. The van der Waals surface area contributed by atoms with E-state index in [1.807, 2.05) is 54.6 Å². The number of amides is 1. The van der Waals surface area contributed by atoms with Crippen LogP contribution in [0.2, 0.25) is 0 Å². The number of hydrogen-bond donors (Lipinski definition) is 1. The molecule has 1 unspecified atom stereocenters. The zero-order valence-corrected chi connectivity index (χ0v) is 17.5. The molecule has 0 aliphatic carbocycles. The summed E-state index contributed by atoms with van der Waals surface area (Å²) in [6.45, 7) is 3.83. The first-order valence-electron chi connectivity index (χ1n) is 10.0. The normalized spacial score (nSPS) is 12.1. The van der Waals surface area contributed by atoms with E-state index in [9.17, 15) is 14.4 Å². The molecule has 30 heavy (non-hydrogen) atoms. The Kier molecular flexibility index (Phi) is 6.72. The van der Waals surface area contributed by atoms with Gasteiger partial charge in [0.1, 0.15) is 0 Å². The fourth-order valence-electron chi connectivity index (χ4n) is 3.47. The number of aromatic nitrogens is 2. The van der Waals surface area contributed by atoms with Gasteiger partial charge in [-0.3, -0.25) is 18.7 Å². The van der Waals surface area contributed by atoms with Crippen molar-refractivity contribution in [3.8, 4) is 0 Å². The van der Waals surface area contributed by atoms with Gasteiger partial charge in [0.05, 0.1) is 29.6 Å². The first-order chi connectivity index (χ1) is 14.4. The molecule has 3 aromatic rings. The molecule has 158 valence electrons. The lowest BCUT2D eigenvalue weighted by Gasteiger charge is -2.19. The Morgan fingerprint density at radius 2 is 1.63 bits per heavy atom. The van der Waals surface area contributed by atoms with Gasteiger partial charge in [-0.05, 0) is 31.5 Å². The minimum Gasteiger partial charge on any atom is -0.463 e. The van der Waals surface area contributed by atoms with E-state index in [0.29, 0.717) is 0 Å². The summed E-state index contributed by atoms with van der Waals surface area (Å²) in [6.07, 6.45) is -0.0543. The number of fused-ring (bicyclic) bond motifs is 1. The third kappa shape index (κ3) is 4.97. The number of esters is 1. The number of nitrogens with zero attached hydrogens (tertiary/aromatic N) is 2. The summed E-state index contributed by atoms with van der Waals surface area (Å²) < 4.78 is 8.41. The Balaban J connectivity index is 1.71. The Hall–Kier alpha value is -3.35. The molecule has 0 radical (unpaired) electrons. The monoisotopic (exact) mass is 409 g/mol. The highest BCUT2D eigenvalue weighted by Gasteiger charge is 2.20. The number of imidazole rings is 1. The third-order valence-electron chi connectivity index (χ3n) is 4.89. The summed E-state index contributed by atoms with van der Waals surface area (Å²) >= 11 is 0. The van der Waals surface area contributed by atoms with Gasteiger partial charge in [0, 0.05) is 20.0 Å². The Morgan fingerprint density at radius 1 is 1.00 bits per heavy atom. The van der Waals surface area contributed by atoms with Crippen molar-refractivity contribution in [2.24, 2.45) is 7.05 Å². The Morgan fingerprint density at radius 3 is 2.30 bits per heavy atom. The summed E-state index contributed by atoms with van der Waals surface area (Å²) in [5.74, 6) is -0.606. The third-order valence-corrected chi connectivity index (χ3v) is 4.89. The maximum atomic E-state index is 12.7. The van der Waals surface area contributed by atoms with Crippen LogP contribution in [-0.4, -0.2) is 27.1 Å². The van der Waals surface area contributed by atoms with Gasteiger partial charge in [0.15, 0.2) is 0 Å². The van der Waals surface area contributed by atoms with Gasteiger partial charge < -0.3 is 10.1 Å². The molecule has 0 saturated carbocycles. The molecule has 1 aromatic heterocycles. The van der Waals surface area contributed by atoms with E-state index in [0.717, 1.165) is 16.6 Å². The molecule has 0 saturated heterocycles. The van der Waals surface area contributed by atoms with Crippen LogP contribution in [0, 0.1) is 0 Å². The quantitative estimate of drug-likeness (QED) is 0.580. The summed E-state index contributed by atoms with van der Waals surface area (Å²) in [7, 11) is 1.72. The van der Waals surface area contributed by atoms with Crippen molar-refractivity contribution in [3.63, 3.8) is 0 Å². The Labute approximate surface area is 175 Å². The van der Waals surface area contributed by atoms with Crippen LogP contribution in [0.3, 0.4) is 0 Å². The predicted molar refractivity (Wildman–Crippen MR) is 115 cm³/mol. The molecule has 7 heteroatoms. The first-order valence-corrected chi connectivity index (χ1v) is 10.0. The van der Waals surface area contributed by atoms with Crippen molar-refractivity contribution in [2.75, 3.05) is 0 Å². The van der Waals surface area contributed by atoms with E-state index in [2.05, 4.69) is 5.32 Å². The molecule has 1 N–H and O–H groups in total. The van der Waals surface area contributed by atoms with Crippen molar-refractivity contribution < 1.29 is 14.3 Å². The summed E-state index contributed by atoms with van der Waals surface area (Å²) in [6, 6.07) is 16.3. The fraction of sp³-hybridized carbons (Fsp3) is 0.348. The Bertz CT molecular complexity index is 1080. The molecule has 1 heterocycles. The number of ether oxygens (including phenoxy) is 1. The molecular formula is C23H27N3O4. The van der Waals surface area contributed by atoms with Crippen molar-refractivity contribution in [3.05, 3.63) is 70.6 Å². The van der Waals surface area contributed by atoms with Gasteiger partial charge >= 0.3 is 11.7 Å². The number of rotatable bonds is 8. The van der Waals surface area contributed by atoms with Crippen molar-refractivity contribution in [1.82, 2.24) is 14.5 Å². The lowest BCUT2D eigenvalue weighted by Crippen LogP contribution is -2.32. The number of hydrogen-bond acceptors (Lipinski definition) is 4. The molecular weight excluding hydrogens is 382 g/mol. The van der Waals surface area contributed by atoms with Crippen LogP contribution < -0.4 is 11.0 Å². The number of carbonyl (C=O) groups excluding carboxylic acids is 2. The van der Waals surface area contributed by atoms with Gasteiger partial charge in [-0.15, -0.1) is 0 Å². The highest BCUT2D eigenvalue weighted by atomic mass is 16.5. The zero-order chi connectivity index (χ0) is 21.7. The maximum absolute atomic E-state index is 12.7. The zero-order valence-electron chi connectivity index (χ0n) is 17.5. The average molecular weight is 409 g/mol. The van der Waals surface area contributed by atoms with Crippen LogP contribution in [0.25, 0.3) is 11.0 Å². The van der Waals surface area contributed by atoms with Crippen LogP contribution in [0.4, 0.5) is 0 Å². The molecule has 0 fully saturated rings. The van der Waals surface area contributed by atoms with Crippen LogP contribution in [0.5, 0.6) is 0 Å². The number of carbonyl (C=O) groups is 2. The minimum absolute atomic E-state index is 0.0438. The first kappa shape index (κ1) is 21.4. The predicted octanol–water partition coefficient (Wildman–Crippen LogP) is 2.93. The molecule has 1 amide bonds. The lowest BCUT2D eigenvalue weighted by molar-refractivity contribution is -0.148. The molecule has 3 rings (SSSR count). The van der Waals surface area contributed by atoms with E-state index in [1.165, 1.54) is 0 Å². The molecule has 0 spiro atoms. The van der Waals surface area contributed by atoms with Crippen molar-refractivity contribution >= 4 is 22.9 Å². The van der Waals surface area contributed by atoms with E-state index < -0.39 is 6.04 Å². The average Bonchev–Trinajstić information content (AvgIpc) is 2.96. The largest absolute Gasteiger partial charge is 0.463 e. The summed E-state index contributed by atoms with van der Waals surface area (Å²) in [5, 5.41) is 2.92. The number of benzene rings is 2. The highest BCUT2D eigenvalue weighted by molar-refractivity contribution is 5.79. The van der Waals surface area contributed by atoms with Crippen LogP contribution >= 0.6 is 0 Å². The topological polar surface area (TPSA) is 82.3 Å². The highest BCUT2D eigenvalue weighted by Crippen LogP contribution is 2.18. The molecule has 1 atom stereocenters. The van der Waals surface area contributed by atoms with E-state index in [-0.39, 0.29) is 43.1 Å². The molecule has 0 bridgehead atoms. The molecule has 0 aliphatic heterocycles. The van der Waals surface area contributed by atoms with Gasteiger partial charge in [0.25, 0.3) is 0 Å². The van der Waals surface area contributed by atoms with E-state index in [1.54, 1.807) is 30.0 Å². The van der Waals surface area contributed by atoms with Crippen molar-refractivity contribution in [1.29, 1.82) is 0 Å². The van der Waals surface area contributed by atoms with Crippen molar-refractivity contribution in [2.45, 2.75) is 45.4 Å². The van der Waals surface area contributed by atoms with Crippen LogP contribution in [0.15, 0.2) is 59.4 Å². The second-order valence-corrected chi connectivity index (χ2v) is 7.51. The summed E-state index contributed by atoms with van der Waals surface area (Å²) in [4.78, 5) is 37.4. The minimum atomic E-state index is -0.491. The van der Waals surface area contributed by atoms with Gasteiger partial charge in [-0.2, -0.15) is 0 Å². The molecule has 7 nitrogen and oxygen atoms in total. The second-order valence-electron chi connectivity index (χ2n) is 7.51. The van der Waals surface area contributed by atoms with E-state index >= 15 is 0 Å². The SMILES string of the molecule is CC(C)OC(=O)CC(NC(=O)CCn1c(=O)n(C)c2ccccc21)c1ccccc1. The lowest BCUT2D eigenvalue weighted by atomic mass is 10.0. The van der Waals surface area contributed by atoms with Crippen LogP contribution in [-0.2, 0) is 27.9 Å². The smallest absolute Gasteiger partial charge is 0.328 e. The van der Waals surface area contributed by atoms with Crippen LogP contribution in [0.1, 0.15) is 38.3 Å². The van der Waals surface area contributed by atoms with Gasteiger partial charge in [-0.25, -0.2) is 4.79 Å². The second kappa shape index (κ2) is 9.43. The maximum Gasteiger partial charge on any atom is 0.328 e. The van der Waals surface area contributed by atoms with E-state index in [4.69, 9.17) is 4.74 Å².